The van der Waals surface area contributed by atoms with Gasteiger partial charge >= 0.3 is 0 Å². The van der Waals surface area contributed by atoms with Gasteiger partial charge in [-0.05, 0) is 12.2 Å². The van der Waals surface area contributed by atoms with Gasteiger partial charge in [-0.1, -0.05) is 12.7 Å². The molecule has 3 heteroatoms. The first-order chi connectivity index (χ1) is 4.31. The number of aldehydes is 1. The number of carbonyl (C=O) groups excluding carboxylic acids is 1. The molecule has 0 radical (unpaired) electrons. The fourth-order valence-electron chi connectivity index (χ4n) is 0.279. The van der Waals surface area contributed by atoms with E-state index in [1.807, 2.05) is 0 Å². The van der Waals surface area contributed by atoms with Gasteiger partial charge in [0.15, 0.2) is 5.05 Å². The molecule has 0 aromatic heterocycles. The van der Waals surface area contributed by atoms with Gasteiger partial charge < -0.3 is 9.53 Å². The SMILES string of the molecule is C=CCOC(=S)CC=O. The van der Waals surface area contributed by atoms with Gasteiger partial charge in [0.25, 0.3) is 0 Å². The normalized spacial score (nSPS) is 8.00. The highest BCUT2D eigenvalue weighted by atomic mass is 32.1. The molecule has 0 saturated carbocycles. The lowest BCUT2D eigenvalue weighted by molar-refractivity contribution is -0.107. The van der Waals surface area contributed by atoms with Crippen molar-refractivity contribution < 1.29 is 9.53 Å². The highest BCUT2D eigenvalue weighted by Crippen LogP contribution is 1.85. The second-order valence-corrected chi connectivity index (χ2v) is 1.80. The number of hydrogen-bond donors (Lipinski definition) is 0. The summed E-state index contributed by atoms with van der Waals surface area (Å²) < 4.78 is 4.81. The minimum Gasteiger partial charge on any atom is -0.483 e. The van der Waals surface area contributed by atoms with Crippen molar-refractivity contribution in [2.75, 3.05) is 6.61 Å². The Morgan fingerprint density at radius 3 is 2.89 bits per heavy atom. The third kappa shape index (κ3) is 5.17. The Morgan fingerprint density at radius 1 is 1.78 bits per heavy atom. The summed E-state index contributed by atoms with van der Waals surface area (Å²) in [6.07, 6.45) is 2.49. The zero-order valence-electron chi connectivity index (χ0n) is 5.00. The van der Waals surface area contributed by atoms with Gasteiger partial charge in [0.2, 0.25) is 0 Å². The molecule has 9 heavy (non-hydrogen) atoms. The van der Waals surface area contributed by atoms with Gasteiger partial charge in [-0.15, -0.1) is 0 Å². The molecule has 0 atom stereocenters. The predicted molar refractivity (Wildman–Crippen MR) is 39.4 cm³/mol. The Labute approximate surface area is 59.5 Å². The van der Waals surface area contributed by atoms with Gasteiger partial charge in [0, 0.05) is 0 Å². The van der Waals surface area contributed by atoms with Crippen LogP contribution in [0.25, 0.3) is 0 Å². The fourth-order valence-corrected chi connectivity index (χ4v) is 0.415. The molecule has 0 amide bonds. The van der Waals surface area contributed by atoms with Crippen LogP contribution in [0.1, 0.15) is 6.42 Å². The van der Waals surface area contributed by atoms with E-state index in [-0.39, 0.29) is 6.42 Å². The second-order valence-electron chi connectivity index (χ2n) is 1.34. The molecule has 0 rings (SSSR count). The molecule has 0 heterocycles. The van der Waals surface area contributed by atoms with E-state index in [1.165, 1.54) is 0 Å². The molecule has 0 N–H and O–H groups in total. The van der Waals surface area contributed by atoms with Gasteiger partial charge in [0.1, 0.15) is 12.9 Å². The molecule has 0 spiro atoms. The molecule has 2 nitrogen and oxygen atoms in total. The van der Waals surface area contributed by atoms with Gasteiger partial charge in [-0.3, -0.25) is 0 Å². The molecule has 0 aromatic rings. The molecule has 0 aliphatic carbocycles. The van der Waals surface area contributed by atoms with E-state index >= 15 is 0 Å². The Hall–Kier alpha value is -0.700. The van der Waals surface area contributed by atoms with Crippen LogP contribution in [0, 0.1) is 0 Å². The number of carbonyl (C=O) groups is 1. The molecule has 0 aliphatic heterocycles. The molecule has 0 aliphatic rings. The molecule has 0 aromatic carbocycles. The summed E-state index contributed by atoms with van der Waals surface area (Å²) in [6.45, 7) is 3.80. The number of ether oxygens (including phenoxy) is 1. The van der Waals surface area contributed by atoms with Crippen molar-refractivity contribution in [2.24, 2.45) is 0 Å². The van der Waals surface area contributed by atoms with Crippen LogP contribution in [-0.4, -0.2) is 17.9 Å². The molecule has 0 saturated heterocycles. The number of rotatable bonds is 4. The Morgan fingerprint density at radius 2 is 2.44 bits per heavy atom. The Balaban J connectivity index is 3.26. The maximum atomic E-state index is 9.79. The summed E-state index contributed by atoms with van der Waals surface area (Å²) in [4.78, 5) is 9.79. The maximum absolute atomic E-state index is 9.79. The smallest absolute Gasteiger partial charge is 0.167 e. The zero-order chi connectivity index (χ0) is 7.11. The summed E-state index contributed by atoms with van der Waals surface area (Å²) in [5, 5.41) is 0.324. The van der Waals surface area contributed by atoms with Crippen LogP contribution >= 0.6 is 12.2 Å². The summed E-state index contributed by atoms with van der Waals surface area (Å²) in [5.41, 5.74) is 0. The minimum atomic E-state index is 0.198. The topological polar surface area (TPSA) is 26.3 Å². The molecule has 0 unspecified atom stereocenters. The maximum Gasteiger partial charge on any atom is 0.167 e. The van der Waals surface area contributed by atoms with E-state index in [0.29, 0.717) is 17.9 Å². The van der Waals surface area contributed by atoms with E-state index < -0.39 is 0 Å². The first-order valence-electron chi connectivity index (χ1n) is 2.51. The third-order valence-corrected chi connectivity index (χ3v) is 0.897. The van der Waals surface area contributed by atoms with E-state index in [2.05, 4.69) is 18.8 Å². The van der Waals surface area contributed by atoms with Crippen molar-refractivity contribution in [3.05, 3.63) is 12.7 Å². The first kappa shape index (κ1) is 8.30. The van der Waals surface area contributed by atoms with Gasteiger partial charge in [-0.25, -0.2) is 0 Å². The van der Waals surface area contributed by atoms with Crippen LogP contribution in [-0.2, 0) is 9.53 Å². The van der Waals surface area contributed by atoms with Gasteiger partial charge in [0.05, 0.1) is 6.42 Å². The summed E-state index contributed by atoms with van der Waals surface area (Å²) >= 11 is 4.62. The van der Waals surface area contributed by atoms with Crippen LogP contribution in [0.2, 0.25) is 0 Å². The van der Waals surface area contributed by atoms with E-state index in [0.717, 1.165) is 0 Å². The summed E-state index contributed by atoms with van der Waals surface area (Å²) in [5.74, 6) is 0. The highest BCUT2D eigenvalue weighted by Gasteiger charge is 1.91. The first-order valence-corrected chi connectivity index (χ1v) is 2.92. The van der Waals surface area contributed by atoms with E-state index in [4.69, 9.17) is 4.74 Å². The molecular weight excluding hydrogens is 136 g/mol. The highest BCUT2D eigenvalue weighted by molar-refractivity contribution is 7.80. The lowest BCUT2D eigenvalue weighted by Gasteiger charge is -1.98. The standard InChI is InChI=1S/C6H8O2S/c1-2-5-8-6(9)3-4-7/h2,4H,1,3,5H2. The average Bonchev–Trinajstić information content (AvgIpc) is 1.85. The van der Waals surface area contributed by atoms with Gasteiger partial charge in [-0.2, -0.15) is 0 Å². The minimum absolute atomic E-state index is 0.198. The van der Waals surface area contributed by atoms with E-state index in [9.17, 15) is 4.79 Å². The van der Waals surface area contributed by atoms with Crippen molar-refractivity contribution in [1.82, 2.24) is 0 Å². The third-order valence-electron chi connectivity index (χ3n) is 0.612. The quantitative estimate of drug-likeness (QED) is 0.336. The largest absolute Gasteiger partial charge is 0.483 e. The summed E-state index contributed by atoms with van der Waals surface area (Å²) in [6, 6.07) is 0. The lowest BCUT2D eigenvalue weighted by Crippen LogP contribution is -2.01. The molecule has 0 bridgehead atoms. The summed E-state index contributed by atoms with van der Waals surface area (Å²) in [7, 11) is 0. The molecule has 0 fully saturated rings. The van der Waals surface area contributed by atoms with Crippen molar-refractivity contribution in [3.63, 3.8) is 0 Å². The van der Waals surface area contributed by atoms with Crippen molar-refractivity contribution in [2.45, 2.75) is 6.42 Å². The van der Waals surface area contributed by atoms with Crippen LogP contribution in [0.3, 0.4) is 0 Å². The van der Waals surface area contributed by atoms with Crippen molar-refractivity contribution in [3.8, 4) is 0 Å². The predicted octanol–water partition coefficient (Wildman–Crippen LogP) is 1.11. The van der Waals surface area contributed by atoms with Crippen molar-refractivity contribution >= 4 is 23.6 Å². The number of thiocarbonyl (C=S) groups is 1. The van der Waals surface area contributed by atoms with E-state index in [1.54, 1.807) is 6.08 Å². The lowest BCUT2D eigenvalue weighted by atomic mass is 10.5. The molecule has 50 valence electrons. The van der Waals surface area contributed by atoms with Crippen LogP contribution in [0.4, 0.5) is 0 Å². The monoisotopic (exact) mass is 144 g/mol. The average molecular weight is 144 g/mol. The second kappa shape index (κ2) is 5.44. The Kier molecular flexibility index (Phi) is 5.01. The molecular formula is C6H8O2S. The number of hydrogen-bond acceptors (Lipinski definition) is 3. The van der Waals surface area contributed by atoms with Crippen molar-refractivity contribution in [1.29, 1.82) is 0 Å². The van der Waals surface area contributed by atoms with Crippen LogP contribution in [0.5, 0.6) is 0 Å². The van der Waals surface area contributed by atoms with Crippen LogP contribution in [0.15, 0.2) is 12.7 Å². The Bertz CT molecular complexity index is 120. The fraction of sp³-hybridized carbons (Fsp3) is 0.333. The van der Waals surface area contributed by atoms with Crippen LogP contribution < -0.4 is 0 Å². The zero-order valence-corrected chi connectivity index (χ0v) is 5.82.